The molecular formula is C21H27N5O3. The number of esters is 1. The van der Waals surface area contributed by atoms with E-state index in [0.717, 1.165) is 25.7 Å². The Morgan fingerprint density at radius 2 is 2.00 bits per heavy atom. The van der Waals surface area contributed by atoms with Crippen molar-refractivity contribution >= 4 is 17.8 Å². The highest BCUT2D eigenvalue weighted by Crippen LogP contribution is 2.39. The van der Waals surface area contributed by atoms with E-state index < -0.39 is 6.10 Å². The summed E-state index contributed by atoms with van der Waals surface area (Å²) < 4.78 is 5.09. The molecule has 3 N–H and O–H groups in total. The number of nitrogens with zero attached hydrogens (tertiary/aromatic N) is 2. The fraction of sp³-hybridized carbons (Fsp3) is 0.524. The van der Waals surface area contributed by atoms with Gasteiger partial charge < -0.3 is 15.4 Å². The van der Waals surface area contributed by atoms with Gasteiger partial charge in [0.2, 0.25) is 5.96 Å². The Labute approximate surface area is 170 Å². The van der Waals surface area contributed by atoms with Gasteiger partial charge in [-0.05, 0) is 31.2 Å². The molecule has 1 atom stereocenters. The molecule has 2 fully saturated rings. The number of amides is 1. The molecule has 2 aliphatic rings. The van der Waals surface area contributed by atoms with Gasteiger partial charge in [0.15, 0.2) is 12.3 Å². The predicted molar refractivity (Wildman–Crippen MR) is 108 cm³/mol. The zero-order valence-corrected chi connectivity index (χ0v) is 16.6. The van der Waals surface area contributed by atoms with Crippen LogP contribution in [0.5, 0.6) is 0 Å². The van der Waals surface area contributed by atoms with Crippen LogP contribution in [-0.2, 0) is 19.7 Å². The topological polar surface area (TPSA) is 116 Å². The maximum atomic E-state index is 12.5. The zero-order valence-electron chi connectivity index (χ0n) is 16.6. The van der Waals surface area contributed by atoms with Crippen LogP contribution >= 0.6 is 0 Å². The molecule has 0 unspecified atom stereocenters. The van der Waals surface area contributed by atoms with Crippen molar-refractivity contribution in [3.63, 3.8) is 0 Å². The molecule has 0 bridgehead atoms. The number of rotatable bonds is 5. The monoisotopic (exact) mass is 397 g/mol. The van der Waals surface area contributed by atoms with Gasteiger partial charge in [-0.25, -0.2) is 0 Å². The Hall–Kier alpha value is -3.08. The third-order valence-corrected chi connectivity index (χ3v) is 5.85. The minimum absolute atomic E-state index is 0.177. The molecule has 1 aromatic carbocycles. The summed E-state index contributed by atoms with van der Waals surface area (Å²) in [6.45, 7) is 0.502. The van der Waals surface area contributed by atoms with Crippen molar-refractivity contribution in [2.24, 2.45) is 4.99 Å². The number of carbonyl (C=O) groups excluding carboxylic acids is 2. The van der Waals surface area contributed by atoms with E-state index in [0.29, 0.717) is 25.3 Å². The van der Waals surface area contributed by atoms with Gasteiger partial charge in [-0.3, -0.25) is 19.9 Å². The van der Waals surface area contributed by atoms with Crippen LogP contribution in [-0.4, -0.2) is 43.6 Å². The van der Waals surface area contributed by atoms with Gasteiger partial charge in [0.05, 0.1) is 0 Å². The van der Waals surface area contributed by atoms with E-state index in [1.807, 2.05) is 24.4 Å². The lowest BCUT2D eigenvalue weighted by Crippen LogP contribution is -2.50. The Balaban J connectivity index is 1.66. The summed E-state index contributed by atoms with van der Waals surface area (Å²) in [4.78, 5) is 27.8. The van der Waals surface area contributed by atoms with Gasteiger partial charge in [0, 0.05) is 37.9 Å². The molecular weight excluding hydrogens is 370 g/mol. The van der Waals surface area contributed by atoms with Crippen LogP contribution in [0.3, 0.4) is 0 Å². The lowest BCUT2D eigenvalue weighted by molar-refractivity contribution is -0.148. The highest BCUT2D eigenvalue weighted by atomic mass is 16.6. The second kappa shape index (κ2) is 9.41. The van der Waals surface area contributed by atoms with E-state index in [-0.39, 0.29) is 23.3 Å². The van der Waals surface area contributed by atoms with Gasteiger partial charge >= 0.3 is 5.97 Å². The predicted octanol–water partition coefficient (Wildman–Crippen LogP) is 1.33. The first-order valence-electron chi connectivity index (χ1n) is 9.97. The van der Waals surface area contributed by atoms with Crippen LogP contribution in [0.15, 0.2) is 35.3 Å². The van der Waals surface area contributed by atoms with E-state index >= 15 is 0 Å². The number of nitriles is 1. The molecule has 1 saturated heterocycles. The third-order valence-electron chi connectivity index (χ3n) is 5.85. The van der Waals surface area contributed by atoms with Crippen molar-refractivity contribution in [2.75, 3.05) is 13.6 Å². The van der Waals surface area contributed by atoms with Gasteiger partial charge in [-0.15, -0.1) is 0 Å². The fourth-order valence-corrected chi connectivity index (χ4v) is 4.16. The summed E-state index contributed by atoms with van der Waals surface area (Å²) in [5, 5.41) is 17.7. The maximum Gasteiger partial charge on any atom is 0.306 e. The molecule has 1 aliphatic heterocycles. The number of hydrogen-bond donors (Lipinski definition) is 3. The van der Waals surface area contributed by atoms with Crippen LogP contribution < -0.4 is 16.0 Å². The van der Waals surface area contributed by atoms with Gasteiger partial charge in [-0.1, -0.05) is 30.3 Å². The minimum atomic E-state index is -0.672. The zero-order chi connectivity index (χ0) is 20.7. The number of nitrogens with one attached hydrogen (secondary N) is 3. The van der Waals surface area contributed by atoms with Crippen LogP contribution in [0, 0.1) is 11.5 Å². The number of aliphatic imine (C=N–C) groups is 1. The van der Waals surface area contributed by atoms with Crippen LogP contribution in [0.4, 0.5) is 0 Å². The molecule has 154 valence electrons. The highest BCUT2D eigenvalue weighted by molar-refractivity contribution is 5.86. The third kappa shape index (κ3) is 5.05. The van der Waals surface area contributed by atoms with E-state index in [2.05, 4.69) is 33.1 Å². The highest BCUT2D eigenvalue weighted by Gasteiger charge is 2.38. The van der Waals surface area contributed by atoms with Crippen LogP contribution in [0.1, 0.15) is 44.1 Å². The number of carbonyl (C=O) groups is 2. The van der Waals surface area contributed by atoms with E-state index in [4.69, 9.17) is 10.00 Å². The first-order chi connectivity index (χ1) is 14.1. The number of ether oxygens (including phenoxy) is 1. The number of hydrogen-bond acceptors (Lipinski definition) is 5. The Kier molecular flexibility index (Phi) is 6.70. The Bertz CT molecular complexity index is 794. The Morgan fingerprint density at radius 3 is 2.59 bits per heavy atom. The molecule has 0 aromatic heterocycles. The molecule has 1 saturated carbocycles. The first kappa shape index (κ1) is 20.6. The van der Waals surface area contributed by atoms with Crippen molar-refractivity contribution in [3.05, 3.63) is 35.9 Å². The minimum Gasteiger partial charge on any atom is -0.452 e. The second-order valence-corrected chi connectivity index (χ2v) is 7.61. The molecule has 29 heavy (non-hydrogen) atoms. The van der Waals surface area contributed by atoms with E-state index in [1.54, 1.807) is 7.05 Å². The normalized spacial score (nSPS) is 26.9. The van der Waals surface area contributed by atoms with Gasteiger partial charge in [0.25, 0.3) is 5.91 Å². The van der Waals surface area contributed by atoms with Crippen molar-refractivity contribution in [1.82, 2.24) is 16.0 Å². The van der Waals surface area contributed by atoms with Crippen molar-refractivity contribution in [2.45, 2.75) is 56.1 Å². The molecule has 0 radical (unpaired) electrons. The summed E-state index contributed by atoms with van der Waals surface area (Å²) in [7, 11) is 1.63. The van der Waals surface area contributed by atoms with Gasteiger partial charge in [-0.2, -0.15) is 5.26 Å². The average Bonchev–Trinajstić information content (AvgIpc) is 3.20. The average molecular weight is 397 g/mol. The number of cyclic esters (lactones) is 1. The van der Waals surface area contributed by atoms with Crippen molar-refractivity contribution < 1.29 is 14.3 Å². The summed E-state index contributed by atoms with van der Waals surface area (Å²) >= 11 is 0. The van der Waals surface area contributed by atoms with Crippen molar-refractivity contribution in [3.8, 4) is 6.19 Å². The second-order valence-electron chi connectivity index (χ2n) is 7.61. The van der Waals surface area contributed by atoms with Crippen LogP contribution in [0.2, 0.25) is 0 Å². The molecule has 3 rings (SSSR count). The molecule has 8 heteroatoms. The lowest BCUT2D eigenvalue weighted by atomic mass is 9.68. The molecule has 1 heterocycles. The quantitative estimate of drug-likeness (QED) is 0.227. The summed E-state index contributed by atoms with van der Waals surface area (Å²) in [5.41, 5.74) is 1.02. The number of benzene rings is 1. The number of guanidine groups is 1. The fourth-order valence-electron chi connectivity index (χ4n) is 4.16. The Morgan fingerprint density at radius 1 is 1.28 bits per heavy atom. The molecule has 0 spiro atoms. The first-order valence-corrected chi connectivity index (χ1v) is 9.97. The molecule has 1 amide bonds. The summed E-state index contributed by atoms with van der Waals surface area (Å²) in [6, 6.07) is 10.4. The largest absolute Gasteiger partial charge is 0.452 e. The van der Waals surface area contributed by atoms with Gasteiger partial charge in [0.1, 0.15) is 0 Å². The summed E-state index contributed by atoms with van der Waals surface area (Å²) in [5.74, 6) is -0.0556. The SMILES string of the molecule is CN=C(NC#N)NC1CCC(CNC(=O)[C@@H]2CCC(=O)O2)(c2ccccc2)CC1. The summed E-state index contributed by atoms with van der Waals surface area (Å²) in [6.07, 6.45) is 5.48. The van der Waals surface area contributed by atoms with E-state index in [9.17, 15) is 9.59 Å². The lowest BCUT2D eigenvalue weighted by Gasteiger charge is -2.41. The van der Waals surface area contributed by atoms with Crippen LogP contribution in [0.25, 0.3) is 0 Å². The van der Waals surface area contributed by atoms with Crippen molar-refractivity contribution in [1.29, 1.82) is 5.26 Å². The smallest absolute Gasteiger partial charge is 0.306 e. The molecule has 1 aliphatic carbocycles. The standard InChI is InChI=1S/C21H27N5O3/c1-23-20(25-14-22)26-16-9-11-21(12-10-16,15-5-3-2-4-6-15)13-24-19(28)17-7-8-18(27)29-17/h2-6,16-17H,7-13H2,1H3,(H,24,28)(H2,23,25,26)/t16?,17-,21?/m0/s1. The molecule has 8 nitrogen and oxygen atoms in total. The maximum absolute atomic E-state index is 12.5. The van der Waals surface area contributed by atoms with E-state index in [1.165, 1.54) is 5.56 Å². The molecule has 1 aromatic rings.